The first-order chi connectivity index (χ1) is 16.2. The second kappa shape index (κ2) is 13.3. The molecule has 0 radical (unpaired) electrons. The van der Waals surface area contributed by atoms with Crippen LogP contribution < -0.4 is 4.74 Å². The molecule has 1 heterocycles. The fourth-order valence-electron chi connectivity index (χ4n) is 3.68. The van der Waals surface area contributed by atoms with Gasteiger partial charge in [-0.15, -0.1) is 0 Å². The predicted molar refractivity (Wildman–Crippen MR) is 132 cm³/mol. The maximum Gasteiger partial charge on any atom is 0.253 e. The third kappa shape index (κ3) is 8.27. The average molecular weight is 444 g/mol. The highest BCUT2D eigenvalue weighted by Gasteiger charge is 2.22. The highest BCUT2D eigenvalue weighted by atomic mass is 16.5. The molecule has 0 aliphatic carbocycles. The Kier molecular flexibility index (Phi) is 9.79. The summed E-state index contributed by atoms with van der Waals surface area (Å²) >= 11 is 0. The Morgan fingerprint density at radius 1 is 0.727 bits per heavy atom. The lowest BCUT2D eigenvalue weighted by Gasteiger charge is -2.13. The van der Waals surface area contributed by atoms with E-state index in [4.69, 9.17) is 4.74 Å². The van der Waals surface area contributed by atoms with E-state index in [2.05, 4.69) is 43.0 Å². The van der Waals surface area contributed by atoms with Gasteiger partial charge >= 0.3 is 0 Å². The molecule has 4 nitrogen and oxygen atoms in total. The van der Waals surface area contributed by atoms with Crippen LogP contribution in [-0.2, 0) is 16.0 Å². The van der Waals surface area contributed by atoms with Crippen LogP contribution in [0.3, 0.4) is 0 Å². The molecule has 0 N–H and O–H groups in total. The summed E-state index contributed by atoms with van der Waals surface area (Å²) in [6, 6.07) is 16.4. The zero-order chi connectivity index (χ0) is 23.3. The fourth-order valence-corrected chi connectivity index (χ4v) is 3.68. The molecule has 1 aliphatic heterocycles. The Labute approximate surface area is 197 Å². The zero-order valence-electron chi connectivity index (χ0n) is 19.5. The lowest BCUT2D eigenvalue weighted by Crippen LogP contribution is -2.30. The SMILES string of the molecule is CCCCCc1ccc(C#Cc2ccc(OCCCCCCN3C(=O)C=CC3=O)cc2)cc1. The number of benzene rings is 2. The predicted octanol–water partition coefficient (Wildman–Crippen LogP) is 5.68. The molecule has 2 amide bonds. The van der Waals surface area contributed by atoms with E-state index in [0.29, 0.717) is 13.2 Å². The van der Waals surface area contributed by atoms with Gasteiger partial charge in [-0.3, -0.25) is 14.5 Å². The first-order valence-corrected chi connectivity index (χ1v) is 12.0. The topological polar surface area (TPSA) is 46.6 Å². The molecule has 0 saturated heterocycles. The summed E-state index contributed by atoms with van der Waals surface area (Å²) in [5.74, 6) is 6.89. The monoisotopic (exact) mass is 443 g/mol. The Morgan fingerprint density at radius 3 is 1.97 bits per heavy atom. The van der Waals surface area contributed by atoms with Crippen molar-refractivity contribution in [2.24, 2.45) is 0 Å². The number of ether oxygens (including phenoxy) is 1. The quantitative estimate of drug-likeness (QED) is 0.241. The van der Waals surface area contributed by atoms with E-state index >= 15 is 0 Å². The number of carbonyl (C=O) groups is 2. The number of nitrogens with zero attached hydrogens (tertiary/aromatic N) is 1. The summed E-state index contributed by atoms with van der Waals surface area (Å²) in [5.41, 5.74) is 3.38. The first kappa shape index (κ1) is 24.3. The number of imide groups is 1. The van der Waals surface area contributed by atoms with Crippen LogP contribution in [0.1, 0.15) is 68.6 Å². The molecule has 0 unspecified atom stereocenters. The van der Waals surface area contributed by atoms with Crippen LogP contribution in [-0.4, -0.2) is 29.9 Å². The highest BCUT2D eigenvalue weighted by molar-refractivity contribution is 6.12. The summed E-state index contributed by atoms with van der Waals surface area (Å²) in [4.78, 5) is 24.3. The average Bonchev–Trinajstić information content (AvgIpc) is 3.16. The minimum absolute atomic E-state index is 0.202. The van der Waals surface area contributed by atoms with Crippen LogP contribution in [0, 0.1) is 11.8 Å². The van der Waals surface area contributed by atoms with Crippen LogP contribution in [0.5, 0.6) is 5.75 Å². The van der Waals surface area contributed by atoms with Crippen LogP contribution in [0.15, 0.2) is 60.7 Å². The zero-order valence-corrected chi connectivity index (χ0v) is 19.5. The minimum Gasteiger partial charge on any atom is -0.494 e. The largest absolute Gasteiger partial charge is 0.494 e. The maximum atomic E-state index is 11.5. The van der Waals surface area contributed by atoms with Gasteiger partial charge in [0.1, 0.15) is 5.75 Å². The summed E-state index contributed by atoms with van der Waals surface area (Å²) < 4.78 is 5.81. The number of hydrogen-bond acceptors (Lipinski definition) is 3. The Bertz CT molecular complexity index is 976. The van der Waals surface area contributed by atoms with E-state index in [1.165, 1.54) is 41.9 Å². The molecule has 0 aromatic heterocycles. The third-order valence-electron chi connectivity index (χ3n) is 5.67. The van der Waals surface area contributed by atoms with E-state index in [-0.39, 0.29) is 11.8 Å². The molecule has 1 aliphatic rings. The maximum absolute atomic E-state index is 11.5. The summed E-state index contributed by atoms with van der Waals surface area (Å²) in [6.45, 7) is 3.38. The van der Waals surface area contributed by atoms with Crippen molar-refractivity contribution < 1.29 is 14.3 Å². The van der Waals surface area contributed by atoms with Crippen LogP contribution >= 0.6 is 0 Å². The van der Waals surface area contributed by atoms with E-state index in [0.717, 1.165) is 49.0 Å². The van der Waals surface area contributed by atoms with Crippen molar-refractivity contribution in [2.45, 2.75) is 58.3 Å². The van der Waals surface area contributed by atoms with E-state index in [9.17, 15) is 9.59 Å². The van der Waals surface area contributed by atoms with E-state index in [1.54, 1.807) is 0 Å². The molecular formula is C29H33NO3. The van der Waals surface area contributed by atoms with Crippen LogP contribution in [0.25, 0.3) is 0 Å². The van der Waals surface area contributed by atoms with Crippen LogP contribution in [0.2, 0.25) is 0 Å². The van der Waals surface area contributed by atoms with Gasteiger partial charge in [0.25, 0.3) is 11.8 Å². The van der Waals surface area contributed by atoms with Crippen molar-refractivity contribution in [3.8, 4) is 17.6 Å². The lowest BCUT2D eigenvalue weighted by molar-refractivity contribution is -0.136. The van der Waals surface area contributed by atoms with Crippen molar-refractivity contribution in [3.05, 3.63) is 77.4 Å². The molecule has 0 atom stereocenters. The molecule has 172 valence electrons. The van der Waals surface area contributed by atoms with Crippen molar-refractivity contribution in [2.75, 3.05) is 13.2 Å². The summed E-state index contributed by atoms with van der Waals surface area (Å²) in [6.07, 6.45) is 11.3. The van der Waals surface area contributed by atoms with Gasteiger partial charge in [-0.1, -0.05) is 56.6 Å². The molecule has 0 saturated carbocycles. The number of rotatable bonds is 12. The Balaban J connectivity index is 1.32. The molecule has 0 bridgehead atoms. The van der Waals surface area contributed by atoms with Gasteiger partial charge < -0.3 is 4.74 Å². The van der Waals surface area contributed by atoms with Gasteiger partial charge in [0.05, 0.1) is 6.61 Å². The van der Waals surface area contributed by atoms with Gasteiger partial charge in [-0.2, -0.15) is 0 Å². The summed E-state index contributed by atoms with van der Waals surface area (Å²) in [5, 5.41) is 0. The molecule has 0 fully saturated rings. The Hall–Kier alpha value is -3.32. The van der Waals surface area contributed by atoms with Crippen molar-refractivity contribution in [1.82, 2.24) is 4.90 Å². The van der Waals surface area contributed by atoms with Crippen molar-refractivity contribution in [3.63, 3.8) is 0 Å². The van der Waals surface area contributed by atoms with Gasteiger partial charge in [0.2, 0.25) is 0 Å². The molecule has 2 aromatic rings. The molecule has 2 aromatic carbocycles. The van der Waals surface area contributed by atoms with E-state index in [1.807, 2.05) is 24.3 Å². The number of unbranched alkanes of at least 4 members (excludes halogenated alkanes) is 5. The first-order valence-electron chi connectivity index (χ1n) is 12.0. The van der Waals surface area contributed by atoms with Gasteiger partial charge in [0.15, 0.2) is 0 Å². The molecule has 33 heavy (non-hydrogen) atoms. The standard InChI is InChI=1S/C29H33NO3/c1-2-3-6-9-24-10-12-25(13-11-24)14-15-26-16-18-27(19-17-26)33-23-8-5-4-7-22-30-28(31)20-21-29(30)32/h10-13,16-21H,2-9,22-23H2,1H3. The number of aryl methyl sites for hydroxylation is 1. The number of carbonyl (C=O) groups excluding carboxylic acids is 2. The minimum atomic E-state index is -0.202. The second-order valence-electron chi connectivity index (χ2n) is 8.35. The van der Waals surface area contributed by atoms with Gasteiger partial charge in [-0.25, -0.2) is 0 Å². The number of hydrogen-bond donors (Lipinski definition) is 0. The second-order valence-corrected chi connectivity index (χ2v) is 8.35. The molecular weight excluding hydrogens is 410 g/mol. The molecule has 4 heteroatoms. The van der Waals surface area contributed by atoms with Crippen molar-refractivity contribution in [1.29, 1.82) is 0 Å². The number of amides is 2. The molecule has 0 spiro atoms. The van der Waals surface area contributed by atoms with Crippen molar-refractivity contribution >= 4 is 11.8 Å². The summed E-state index contributed by atoms with van der Waals surface area (Å²) in [7, 11) is 0. The van der Waals surface area contributed by atoms with Gasteiger partial charge in [-0.05, 0) is 67.6 Å². The van der Waals surface area contributed by atoms with Gasteiger partial charge in [0, 0.05) is 29.8 Å². The lowest BCUT2D eigenvalue weighted by atomic mass is 10.1. The Morgan fingerprint density at radius 2 is 1.33 bits per heavy atom. The molecule has 3 rings (SSSR count). The van der Waals surface area contributed by atoms with Crippen LogP contribution in [0.4, 0.5) is 0 Å². The highest BCUT2D eigenvalue weighted by Crippen LogP contribution is 2.14. The third-order valence-corrected chi connectivity index (χ3v) is 5.67. The fraction of sp³-hybridized carbons (Fsp3) is 0.379. The smallest absolute Gasteiger partial charge is 0.253 e. The van der Waals surface area contributed by atoms with E-state index < -0.39 is 0 Å². The normalized spacial score (nSPS) is 12.7.